The molecule has 0 spiro atoms. The fourth-order valence-electron chi connectivity index (χ4n) is 4.08. The third-order valence-corrected chi connectivity index (χ3v) is 6.27. The molecule has 156 valence electrons. The molecule has 29 heavy (non-hydrogen) atoms. The van der Waals surface area contributed by atoms with Gasteiger partial charge in [0.05, 0.1) is 7.11 Å². The summed E-state index contributed by atoms with van der Waals surface area (Å²) < 4.78 is 4.70. The number of anilines is 1. The number of hydrogen-bond acceptors (Lipinski definition) is 4. The minimum Gasteiger partial charge on any atom is -0.464 e. The molecular formula is C23H31N3O3. The van der Waals surface area contributed by atoms with Gasteiger partial charge in [0, 0.05) is 7.05 Å². The Morgan fingerprint density at radius 3 is 2.31 bits per heavy atom. The Morgan fingerprint density at radius 1 is 1.07 bits per heavy atom. The Hall–Kier alpha value is -2.60. The lowest BCUT2D eigenvalue weighted by Crippen LogP contribution is -2.37. The number of methoxy groups -OCH3 is 1. The Labute approximate surface area is 172 Å². The fourth-order valence-corrected chi connectivity index (χ4v) is 4.08. The molecule has 1 amide bonds. The Balaban J connectivity index is 1.88. The van der Waals surface area contributed by atoms with Crippen LogP contribution >= 0.6 is 0 Å². The molecule has 0 aliphatic heterocycles. The van der Waals surface area contributed by atoms with Gasteiger partial charge in [0.15, 0.2) is 0 Å². The lowest BCUT2D eigenvalue weighted by Gasteiger charge is -2.42. The van der Waals surface area contributed by atoms with E-state index in [4.69, 9.17) is 10.5 Å². The highest BCUT2D eigenvalue weighted by atomic mass is 16.5. The molecule has 1 atom stereocenters. The maximum absolute atomic E-state index is 13.0. The van der Waals surface area contributed by atoms with Crippen molar-refractivity contribution in [2.75, 3.05) is 19.1 Å². The van der Waals surface area contributed by atoms with Crippen molar-refractivity contribution in [2.24, 2.45) is 5.73 Å². The minimum absolute atomic E-state index is 0.0460. The third-order valence-electron chi connectivity index (χ3n) is 6.27. The molecule has 1 heterocycles. The number of rotatable bonds is 4. The van der Waals surface area contributed by atoms with E-state index in [1.807, 2.05) is 6.07 Å². The number of carbonyl (C=O) groups excluding carboxylic acids is 2. The zero-order chi connectivity index (χ0) is 21.6. The molecule has 1 aliphatic carbocycles. The average Bonchev–Trinajstić information content (AvgIpc) is 3.19. The topological polar surface area (TPSA) is 88.4 Å². The van der Waals surface area contributed by atoms with Crippen LogP contribution in [-0.2, 0) is 20.4 Å². The van der Waals surface area contributed by atoms with Crippen LogP contribution in [0.5, 0.6) is 0 Å². The zero-order valence-electron chi connectivity index (χ0n) is 18.1. The number of nitrogens with zero attached hydrogens (tertiary/aromatic N) is 1. The summed E-state index contributed by atoms with van der Waals surface area (Å²) in [6.07, 6.45) is 2.23. The van der Waals surface area contributed by atoms with Gasteiger partial charge in [-0.2, -0.15) is 0 Å². The first-order valence-electron chi connectivity index (χ1n) is 9.93. The highest BCUT2D eigenvalue weighted by Gasteiger charge is 2.37. The number of hydrogen-bond donors (Lipinski definition) is 2. The van der Waals surface area contributed by atoms with E-state index in [2.05, 4.69) is 44.8 Å². The first kappa shape index (κ1) is 21.1. The smallest absolute Gasteiger partial charge is 0.354 e. The monoisotopic (exact) mass is 397 g/mol. The van der Waals surface area contributed by atoms with E-state index in [1.165, 1.54) is 23.1 Å². The Kier molecular flexibility index (Phi) is 5.34. The van der Waals surface area contributed by atoms with E-state index in [0.717, 1.165) is 18.4 Å². The predicted octanol–water partition coefficient (Wildman–Crippen LogP) is 3.81. The molecule has 1 unspecified atom stereocenters. The second kappa shape index (κ2) is 7.34. The van der Waals surface area contributed by atoms with Crippen molar-refractivity contribution in [3.8, 4) is 0 Å². The van der Waals surface area contributed by atoms with Crippen LogP contribution in [0.1, 0.15) is 73.8 Å². The number of ether oxygens (including phenoxy) is 1. The number of aromatic nitrogens is 1. The molecule has 3 N–H and O–H groups in total. The summed E-state index contributed by atoms with van der Waals surface area (Å²) in [6, 6.07) is 8.64. The summed E-state index contributed by atoms with van der Waals surface area (Å²) in [7, 11) is 2.95. The summed E-state index contributed by atoms with van der Waals surface area (Å²) in [4.78, 5) is 29.0. The largest absolute Gasteiger partial charge is 0.464 e. The van der Waals surface area contributed by atoms with Gasteiger partial charge < -0.3 is 15.5 Å². The highest BCUT2D eigenvalue weighted by Crippen LogP contribution is 2.46. The number of fused-ring (bicyclic) bond motifs is 1. The van der Waals surface area contributed by atoms with Crippen LogP contribution in [0, 0.1) is 0 Å². The van der Waals surface area contributed by atoms with E-state index < -0.39 is 12.0 Å². The third kappa shape index (κ3) is 3.81. The van der Waals surface area contributed by atoms with E-state index in [-0.39, 0.29) is 22.4 Å². The molecule has 0 saturated carbocycles. The highest BCUT2D eigenvalue weighted by molar-refractivity contribution is 5.97. The van der Waals surface area contributed by atoms with Crippen molar-refractivity contribution in [3.05, 3.63) is 52.7 Å². The van der Waals surface area contributed by atoms with Gasteiger partial charge in [-0.05, 0) is 52.5 Å². The van der Waals surface area contributed by atoms with E-state index in [0.29, 0.717) is 5.82 Å². The van der Waals surface area contributed by atoms with Gasteiger partial charge in [-0.1, -0.05) is 45.9 Å². The van der Waals surface area contributed by atoms with Crippen LogP contribution in [0.2, 0.25) is 0 Å². The summed E-state index contributed by atoms with van der Waals surface area (Å²) in [5, 5.41) is 0. The van der Waals surface area contributed by atoms with Crippen LogP contribution in [0.15, 0.2) is 30.3 Å². The van der Waals surface area contributed by atoms with Crippen molar-refractivity contribution in [3.63, 3.8) is 0 Å². The summed E-state index contributed by atoms with van der Waals surface area (Å²) in [6.45, 7) is 9.03. The van der Waals surface area contributed by atoms with E-state index >= 15 is 0 Å². The van der Waals surface area contributed by atoms with Crippen molar-refractivity contribution >= 4 is 17.7 Å². The number of aromatic amines is 1. The number of nitrogens with two attached hydrogens (primary N) is 1. The van der Waals surface area contributed by atoms with Crippen LogP contribution in [0.4, 0.5) is 5.82 Å². The van der Waals surface area contributed by atoms with Gasteiger partial charge in [0.1, 0.15) is 17.6 Å². The van der Waals surface area contributed by atoms with Crippen LogP contribution < -0.4 is 10.6 Å². The number of benzene rings is 1. The quantitative estimate of drug-likeness (QED) is 0.768. The van der Waals surface area contributed by atoms with Gasteiger partial charge in [-0.3, -0.25) is 9.69 Å². The van der Waals surface area contributed by atoms with Crippen molar-refractivity contribution in [1.29, 1.82) is 0 Å². The van der Waals surface area contributed by atoms with Crippen molar-refractivity contribution < 1.29 is 14.3 Å². The molecule has 1 aromatic heterocycles. The van der Waals surface area contributed by atoms with Crippen molar-refractivity contribution in [1.82, 2.24) is 4.98 Å². The number of carbonyl (C=O) groups is 2. The average molecular weight is 398 g/mol. The summed E-state index contributed by atoms with van der Waals surface area (Å²) in [5.41, 5.74) is 10.2. The standard InChI is InChI=1S/C23H31N3O3/c1-22(2)11-12-23(3,4)16-13-14(7-8-15(16)22)19(24)20(27)26(5)18-10-9-17(25-18)21(28)29-6/h7-10,13,19,25H,11-12,24H2,1-6H3. The normalized spacial score (nSPS) is 17.9. The molecule has 3 rings (SSSR count). The zero-order valence-corrected chi connectivity index (χ0v) is 18.1. The van der Waals surface area contributed by atoms with Gasteiger partial charge in [0.2, 0.25) is 5.91 Å². The minimum atomic E-state index is -0.795. The SMILES string of the molecule is COC(=O)c1ccc(N(C)C(=O)C(N)c2ccc3c(c2)C(C)(C)CCC3(C)C)[nH]1. The second-order valence-corrected chi connectivity index (χ2v) is 9.20. The molecule has 0 radical (unpaired) electrons. The Bertz CT molecular complexity index is 943. The Morgan fingerprint density at radius 2 is 1.69 bits per heavy atom. The molecule has 2 aromatic rings. The van der Waals surface area contributed by atoms with Gasteiger partial charge in [-0.15, -0.1) is 0 Å². The second-order valence-electron chi connectivity index (χ2n) is 9.20. The number of amides is 1. The predicted molar refractivity (Wildman–Crippen MR) is 114 cm³/mol. The van der Waals surface area contributed by atoms with Gasteiger partial charge in [0.25, 0.3) is 0 Å². The van der Waals surface area contributed by atoms with Crippen LogP contribution in [0.25, 0.3) is 0 Å². The summed E-state index contributed by atoms with van der Waals surface area (Å²) in [5.74, 6) is -0.248. The van der Waals surface area contributed by atoms with E-state index in [1.54, 1.807) is 19.2 Å². The van der Waals surface area contributed by atoms with Crippen LogP contribution in [0.3, 0.4) is 0 Å². The lowest BCUT2D eigenvalue weighted by atomic mass is 9.63. The molecule has 6 heteroatoms. The van der Waals surface area contributed by atoms with E-state index in [9.17, 15) is 9.59 Å². The molecule has 0 bridgehead atoms. The number of likely N-dealkylation sites (N-methyl/N-ethyl adjacent to an activating group) is 1. The summed E-state index contributed by atoms with van der Waals surface area (Å²) >= 11 is 0. The van der Waals surface area contributed by atoms with Crippen LogP contribution in [-0.4, -0.2) is 31.0 Å². The number of nitrogens with one attached hydrogen (secondary N) is 1. The molecule has 0 fully saturated rings. The maximum Gasteiger partial charge on any atom is 0.354 e. The maximum atomic E-state index is 13.0. The lowest BCUT2D eigenvalue weighted by molar-refractivity contribution is -0.119. The fraction of sp³-hybridized carbons (Fsp3) is 0.478. The number of H-pyrrole nitrogens is 1. The first-order valence-corrected chi connectivity index (χ1v) is 9.93. The first-order chi connectivity index (χ1) is 13.5. The van der Waals surface area contributed by atoms with Gasteiger partial charge in [-0.25, -0.2) is 4.79 Å². The molecular weight excluding hydrogens is 366 g/mol. The molecule has 0 saturated heterocycles. The van der Waals surface area contributed by atoms with Gasteiger partial charge >= 0.3 is 5.97 Å². The number of esters is 1. The molecule has 1 aromatic carbocycles. The van der Waals surface area contributed by atoms with Crippen molar-refractivity contribution in [2.45, 2.75) is 57.4 Å². The molecule has 1 aliphatic rings. The molecule has 6 nitrogen and oxygen atoms in total.